The van der Waals surface area contributed by atoms with Crippen LogP contribution in [0, 0.1) is 11.8 Å². The topological polar surface area (TPSA) is 74.7 Å². The summed E-state index contributed by atoms with van der Waals surface area (Å²) in [7, 11) is 0. The molecule has 1 aliphatic carbocycles. The number of anilines is 1. The third kappa shape index (κ3) is 4.87. The molecule has 2 aromatic rings. The van der Waals surface area contributed by atoms with Crippen molar-refractivity contribution in [2.24, 2.45) is 11.8 Å². The lowest BCUT2D eigenvalue weighted by Crippen LogP contribution is -2.26. The third-order valence-corrected chi connectivity index (χ3v) is 6.44. The first-order valence-corrected chi connectivity index (χ1v) is 11.5. The van der Waals surface area contributed by atoms with Gasteiger partial charge in [-0.15, -0.1) is 0 Å². The Labute approximate surface area is 183 Å². The summed E-state index contributed by atoms with van der Waals surface area (Å²) in [6.45, 7) is 5.60. The van der Waals surface area contributed by atoms with E-state index in [1.165, 1.54) is 12.8 Å². The molecule has 1 N–H and O–H groups in total. The fraction of sp³-hybridized carbons (Fsp3) is 0.583. The van der Waals surface area contributed by atoms with Crippen molar-refractivity contribution in [2.45, 2.75) is 45.1 Å². The predicted molar refractivity (Wildman–Crippen MR) is 118 cm³/mol. The van der Waals surface area contributed by atoms with Crippen molar-refractivity contribution in [1.82, 2.24) is 9.97 Å². The molecule has 166 valence electrons. The molecule has 2 fully saturated rings. The van der Waals surface area contributed by atoms with Gasteiger partial charge < -0.3 is 24.3 Å². The Hall–Kier alpha value is -2.54. The van der Waals surface area contributed by atoms with Gasteiger partial charge in [0, 0.05) is 24.8 Å². The van der Waals surface area contributed by atoms with Crippen LogP contribution in [-0.2, 0) is 4.74 Å². The van der Waals surface area contributed by atoms with Crippen molar-refractivity contribution in [3.8, 4) is 28.5 Å². The van der Waals surface area contributed by atoms with Crippen molar-refractivity contribution in [3.63, 3.8) is 0 Å². The van der Waals surface area contributed by atoms with E-state index in [4.69, 9.17) is 23.9 Å². The van der Waals surface area contributed by atoms with Crippen molar-refractivity contribution in [2.75, 3.05) is 38.4 Å². The van der Waals surface area contributed by atoms with Gasteiger partial charge in [-0.2, -0.15) is 4.98 Å². The Balaban J connectivity index is 1.39. The highest BCUT2D eigenvalue weighted by Gasteiger charge is 2.22. The maximum absolute atomic E-state index is 6.22. The number of ether oxygens (including phenoxy) is 4. The number of aromatic nitrogens is 2. The molecule has 0 unspecified atom stereocenters. The van der Waals surface area contributed by atoms with E-state index in [2.05, 4.69) is 17.2 Å². The molecule has 0 bridgehead atoms. The van der Waals surface area contributed by atoms with Crippen LogP contribution in [0.3, 0.4) is 0 Å². The molecule has 7 heteroatoms. The quantitative estimate of drug-likeness (QED) is 0.739. The van der Waals surface area contributed by atoms with Gasteiger partial charge in [0.05, 0.1) is 18.8 Å². The highest BCUT2D eigenvalue weighted by molar-refractivity contribution is 5.71. The fourth-order valence-corrected chi connectivity index (χ4v) is 4.45. The lowest BCUT2D eigenvalue weighted by molar-refractivity contribution is 0.165. The third-order valence-electron chi connectivity index (χ3n) is 6.44. The number of benzene rings is 1. The van der Waals surface area contributed by atoms with Crippen LogP contribution in [0.4, 0.5) is 5.95 Å². The van der Waals surface area contributed by atoms with E-state index in [1.807, 2.05) is 24.4 Å². The van der Waals surface area contributed by atoms with Gasteiger partial charge in [0.25, 0.3) is 0 Å². The highest BCUT2D eigenvalue weighted by Crippen LogP contribution is 2.37. The molecular formula is C24H31N3O4. The van der Waals surface area contributed by atoms with Crippen LogP contribution in [0.1, 0.15) is 39.0 Å². The summed E-state index contributed by atoms with van der Waals surface area (Å²) in [5.41, 5.74) is 1.82. The first-order valence-electron chi connectivity index (χ1n) is 11.5. The summed E-state index contributed by atoms with van der Waals surface area (Å²) in [5.74, 6) is 3.97. The lowest BCUT2D eigenvalue weighted by Gasteiger charge is -2.27. The number of nitrogens with zero attached hydrogens (tertiary/aromatic N) is 2. The molecule has 0 amide bonds. The summed E-state index contributed by atoms with van der Waals surface area (Å²) in [5, 5.41) is 3.53. The van der Waals surface area contributed by atoms with E-state index in [1.54, 1.807) is 0 Å². The van der Waals surface area contributed by atoms with Gasteiger partial charge >= 0.3 is 0 Å². The van der Waals surface area contributed by atoms with Gasteiger partial charge in [0.2, 0.25) is 11.8 Å². The molecule has 31 heavy (non-hydrogen) atoms. The van der Waals surface area contributed by atoms with Gasteiger partial charge in [0.15, 0.2) is 11.5 Å². The van der Waals surface area contributed by atoms with Crippen molar-refractivity contribution >= 4 is 5.95 Å². The van der Waals surface area contributed by atoms with E-state index in [-0.39, 0.29) is 0 Å². The maximum Gasteiger partial charge on any atom is 0.226 e. The zero-order valence-corrected chi connectivity index (χ0v) is 18.1. The molecule has 3 heterocycles. The van der Waals surface area contributed by atoms with Crippen LogP contribution >= 0.6 is 0 Å². The van der Waals surface area contributed by atoms with Gasteiger partial charge in [0.1, 0.15) is 13.2 Å². The van der Waals surface area contributed by atoms with Crippen LogP contribution < -0.4 is 19.5 Å². The number of hydrogen-bond acceptors (Lipinski definition) is 7. The number of fused-ring (bicyclic) bond motifs is 1. The zero-order chi connectivity index (χ0) is 21.0. The average Bonchev–Trinajstić information content (AvgIpc) is 3.33. The molecular weight excluding hydrogens is 394 g/mol. The minimum atomic E-state index is 0.402. The van der Waals surface area contributed by atoms with E-state index < -0.39 is 0 Å². The molecule has 1 atom stereocenters. The second-order valence-electron chi connectivity index (χ2n) is 8.91. The van der Waals surface area contributed by atoms with Crippen LogP contribution in [0.25, 0.3) is 11.1 Å². The van der Waals surface area contributed by atoms with Gasteiger partial charge in [-0.05, 0) is 55.7 Å². The van der Waals surface area contributed by atoms with Crippen molar-refractivity contribution < 1.29 is 18.9 Å². The molecule has 1 aromatic heterocycles. The molecule has 1 saturated heterocycles. The minimum Gasteiger partial charge on any atom is -0.486 e. The van der Waals surface area contributed by atoms with E-state index >= 15 is 0 Å². The number of rotatable bonds is 6. The molecule has 7 nitrogen and oxygen atoms in total. The lowest BCUT2D eigenvalue weighted by atomic mass is 9.87. The summed E-state index contributed by atoms with van der Waals surface area (Å²) < 4.78 is 23.1. The zero-order valence-electron chi connectivity index (χ0n) is 18.1. The molecule has 5 rings (SSSR count). The van der Waals surface area contributed by atoms with E-state index in [0.29, 0.717) is 43.6 Å². The summed E-state index contributed by atoms with van der Waals surface area (Å²) in [6.07, 6.45) is 7.69. The molecule has 0 radical (unpaired) electrons. The number of nitrogens with one attached hydrogen (secondary N) is 1. The largest absolute Gasteiger partial charge is 0.486 e. The monoisotopic (exact) mass is 425 g/mol. The van der Waals surface area contributed by atoms with Crippen molar-refractivity contribution in [1.29, 1.82) is 0 Å². The standard InChI is InChI=1S/C24H31N3O4/c1-16-2-5-19(6-3-16)26-24-25-13-20(23(27-24)31-15-17-8-9-28-14-17)18-4-7-21-22(12-18)30-11-10-29-21/h4,7,12-13,16-17,19H,2-3,5-6,8-11,14-15H2,1H3,(H,25,26,27)/t16-,17-,19-/m0/s1. The SMILES string of the molecule is C[C@H]1CC[C@H](Nc2ncc(-c3ccc4c(c3)OCCO4)c(OC[C@H]3CCOC3)n2)CC1. The molecule has 1 aromatic carbocycles. The van der Waals surface area contributed by atoms with Gasteiger partial charge in [-0.25, -0.2) is 4.98 Å². The Bertz CT molecular complexity index is 892. The summed E-state index contributed by atoms with van der Waals surface area (Å²) >= 11 is 0. The summed E-state index contributed by atoms with van der Waals surface area (Å²) in [4.78, 5) is 9.40. The van der Waals surface area contributed by atoms with Crippen molar-refractivity contribution in [3.05, 3.63) is 24.4 Å². The summed E-state index contributed by atoms with van der Waals surface area (Å²) in [6, 6.07) is 6.35. The minimum absolute atomic E-state index is 0.402. The normalized spacial score (nSPS) is 25.3. The average molecular weight is 426 g/mol. The van der Waals surface area contributed by atoms with E-state index in [0.717, 1.165) is 61.0 Å². The molecule has 0 spiro atoms. The Kier molecular flexibility index (Phi) is 6.11. The Morgan fingerprint density at radius 1 is 1.03 bits per heavy atom. The van der Waals surface area contributed by atoms with Gasteiger partial charge in [-0.1, -0.05) is 13.0 Å². The first-order chi connectivity index (χ1) is 15.2. The van der Waals surface area contributed by atoms with Crippen LogP contribution in [0.15, 0.2) is 24.4 Å². The molecule has 1 saturated carbocycles. The first kappa shape index (κ1) is 20.4. The number of hydrogen-bond donors (Lipinski definition) is 1. The second kappa shape index (κ2) is 9.30. The Morgan fingerprint density at radius 3 is 2.68 bits per heavy atom. The van der Waals surface area contributed by atoms with E-state index in [9.17, 15) is 0 Å². The van der Waals surface area contributed by atoms with Crippen LogP contribution in [0.2, 0.25) is 0 Å². The fourth-order valence-electron chi connectivity index (χ4n) is 4.45. The molecule has 3 aliphatic rings. The smallest absolute Gasteiger partial charge is 0.226 e. The maximum atomic E-state index is 6.22. The molecule has 2 aliphatic heterocycles. The van der Waals surface area contributed by atoms with Crippen LogP contribution in [0.5, 0.6) is 17.4 Å². The van der Waals surface area contributed by atoms with Crippen LogP contribution in [-0.4, -0.2) is 49.0 Å². The second-order valence-corrected chi connectivity index (χ2v) is 8.91. The highest BCUT2D eigenvalue weighted by atomic mass is 16.6. The predicted octanol–water partition coefficient (Wildman–Crippen LogP) is 4.32. The van der Waals surface area contributed by atoms with Gasteiger partial charge in [-0.3, -0.25) is 0 Å². The Morgan fingerprint density at radius 2 is 1.87 bits per heavy atom.